The summed E-state index contributed by atoms with van der Waals surface area (Å²) < 4.78 is 0. The molecule has 2 rings (SSSR count). The average Bonchev–Trinajstić information content (AvgIpc) is 2.52. The Hall–Kier alpha value is -1.60. The van der Waals surface area contributed by atoms with E-state index in [2.05, 4.69) is 73.8 Å². The third-order valence-electron chi connectivity index (χ3n) is 4.16. The van der Waals surface area contributed by atoms with E-state index in [0.29, 0.717) is 11.8 Å². The summed E-state index contributed by atoms with van der Waals surface area (Å²) in [5.74, 6) is 1.17. The number of hydrogen-bond donors (Lipinski definition) is 1. The highest BCUT2D eigenvalue weighted by Gasteiger charge is 2.14. The van der Waals surface area contributed by atoms with Gasteiger partial charge in [0, 0.05) is 0 Å². The van der Waals surface area contributed by atoms with E-state index in [9.17, 15) is 0 Å². The molecule has 2 aromatic carbocycles. The molecule has 0 saturated carbocycles. The van der Waals surface area contributed by atoms with Gasteiger partial charge in [-0.1, -0.05) is 68.4 Å². The van der Waals surface area contributed by atoms with E-state index < -0.39 is 0 Å². The average molecular weight is 281 g/mol. The predicted octanol–water partition coefficient (Wildman–Crippen LogP) is 4.75. The molecule has 1 N–H and O–H groups in total. The lowest BCUT2D eigenvalue weighted by atomic mass is 9.85. The second-order valence-electron chi connectivity index (χ2n) is 6.06. The van der Waals surface area contributed by atoms with Crippen molar-refractivity contribution in [2.24, 2.45) is 0 Å². The van der Waals surface area contributed by atoms with Crippen molar-refractivity contribution in [3.05, 3.63) is 71.3 Å². The number of rotatable bonds is 7. The second kappa shape index (κ2) is 7.99. The van der Waals surface area contributed by atoms with Gasteiger partial charge in [-0.3, -0.25) is 0 Å². The van der Waals surface area contributed by atoms with Crippen LogP contribution in [-0.4, -0.2) is 13.6 Å². The summed E-state index contributed by atoms with van der Waals surface area (Å²) in [5.41, 5.74) is 4.44. The molecule has 0 amide bonds. The standard InChI is InChI=1S/C20H27N/c1-16(2)20-12-8-7-11-19(20)15-18(13-14-21-3)17-9-5-4-6-10-17/h4-12,16,18,21H,13-15H2,1-3H3. The highest BCUT2D eigenvalue weighted by molar-refractivity contribution is 5.32. The first-order valence-electron chi connectivity index (χ1n) is 7.99. The van der Waals surface area contributed by atoms with Crippen LogP contribution in [0.2, 0.25) is 0 Å². The molecule has 0 aromatic heterocycles. The molecular weight excluding hydrogens is 254 g/mol. The molecule has 0 bridgehead atoms. The van der Waals surface area contributed by atoms with E-state index in [4.69, 9.17) is 0 Å². The first-order valence-corrected chi connectivity index (χ1v) is 7.99. The zero-order valence-electron chi connectivity index (χ0n) is 13.5. The summed E-state index contributed by atoms with van der Waals surface area (Å²) >= 11 is 0. The maximum absolute atomic E-state index is 3.29. The lowest BCUT2D eigenvalue weighted by molar-refractivity contribution is 0.589. The summed E-state index contributed by atoms with van der Waals surface area (Å²) in [6.07, 6.45) is 2.30. The SMILES string of the molecule is CNCCC(Cc1ccccc1C(C)C)c1ccccc1. The van der Waals surface area contributed by atoms with Gasteiger partial charge in [0.25, 0.3) is 0 Å². The smallest absolute Gasteiger partial charge is 0.00460 e. The normalized spacial score (nSPS) is 12.6. The Morgan fingerprint density at radius 1 is 0.905 bits per heavy atom. The highest BCUT2D eigenvalue weighted by atomic mass is 14.8. The largest absolute Gasteiger partial charge is 0.320 e. The quantitative estimate of drug-likeness (QED) is 0.772. The van der Waals surface area contributed by atoms with Crippen LogP contribution in [0.3, 0.4) is 0 Å². The third kappa shape index (κ3) is 4.44. The van der Waals surface area contributed by atoms with Crippen molar-refractivity contribution in [1.29, 1.82) is 0 Å². The van der Waals surface area contributed by atoms with Gasteiger partial charge in [0.15, 0.2) is 0 Å². The van der Waals surface area contributed by atoms with Crippen LogP contribution in [0.4, 0.5) is 0 Å². The third-order valence-corrected chi connectivity index (χ3v) is 4.16. The van der Waals surface area contributed by atoms with Crippen LogP contribution < -0.4 is 5.32 Å². The number of nitrogens with one attached hydrogen (secondary N) is 1. The van der Waals surface area contributed by atoms with E-state index in [-0.39, 0.29) is 0 Å². The fourth-order valence-corrected chi connectivity index (χ4v) is 2.98. The van der Waals surface area contributed by atoms with Crippen LogP contribution in [0.5, 0.6) is 0 Å². The van der Waals surface area contributed by atoms with E-state index in [1.165, 1.54) is 23.1 Å². The molecule has 1 unspecified atom stereocenters. The summed E-state index contributed by atoms with van der Waals surface area (Å²) in [6.45, 7) is 5.62. The van der Waals surface area contributed by atoms with Crippen molar-refractivity contribution in [3.63, 3.8) is 0 Å². The van der Waals surface area contributed by atoms with Crippen molar-refractivity contribution >= 4 is 0 Å². The minimum atomic E-state index is 0.582. The Labute approximate surface area is 129 Å². The fraction of sp³-hybridized carbons (Fsp3) is 0.400. The predicted molar refractivity (Wildman–Crippen MR) is 92.0 cm³/mol. The van der Waals surface area contributed by atoms with Gasteiger partial charge in [0.2, 0.25) is 0 Å². The number of hydrogen-bond acceptors (Lipinski definition) is 1. The zero-order valence-corrected chi connectivity index (χ0v) is 13.5. The van der Waals surface area contributed by atoms with Gasteiger partial charge in [0.1, 0.15) is 0 Å². The minimum absolute atomic E-state index is 0.582. The first kappa shape index (κ1) is 15.8. The van der Waals surface area contributed by atoms with Gasteiger partial charge >= 0.3 is 0 Å². The Kier molecular flexibility index (Phi) is 6.01. The van der Waals surface area contributed by atoms with Crippen LogP contribution in [0.1, 0.15) is 48.8 Å². The molecule has 0 radical (unpaired) electrons. The van der Waals surface area contributed by atoms with Crippen LogP contribution in [-0.2, 0) is 6.42 Å². The molecule has 1 atom stereocenters. The lowest BCUT2D eigenvalue weighted by Gasteiger charge is -2.20. The van der Waals surface area contributed by atoms with Crippen LogP contribution in [0.25, 0.3) is 0 Å². The Morgan fingerprint density at radius 3 is 2.24 bits per heavy atom. The maximum atomic E-state index is 3.29. The van der Waals surface area contributed by atoms with Crippen LogP contribution >= 0.6 is 0 Å². The van der Waals surface area contributed by atoms with Gasteiger partial charge in [0.05, 0.1) is 0 Å². The van der Waals surface area contributed by atoms with Crippen molar-refractivity contribution in [2.45, 2.75) is 38.5 Å². The van der Waals surface area contributed by atoms with E-state index >= 15 is 0 Å². The van der Waals surface area contributed by atoms with Crippen molar-refractivity contribution in [2.75, 3.05) is 13.6 Å². The molecule has 21 heavy (non-hydrogen) atoms. The monoisotopic (exact) mass is 281 g/mol. The van der Waals surface area contributed by atoms with Gasteiger partial charge in [-0.15, -0.1) is 0 Å². The molecule has 0 heterocycles. The molecule has 2 aromatic rings. The molecule has 1 heteroatoms. The highest BCUT2D eigenvalue weighted by Crippen LogP contribution is 2.28. The van der Waals surface area contributed by atoms with Gasteiger partial charge in [-0.05, 0) is 55.0 Å². The zero-order chi connectivity index (χ0) is 15.1. The molecule has 112 valence electrons. The van der Waals surface area contributed by atoms with Crippen molar-refractivity contribution < 1.29 is 0 Å². The first-order chi connectivity index (χ1) is 10.2. The second-order valence-corrected chi connectivity index (χ2v) is 6.06. The summed E-state index contributed by atoms with van der Waals surface area (Å²) in [7, 11) is 2.03. The molecule has 0 aliphatic heterocycles. The summed E-state index contributed by atoms with van der Waals surface area (Å²) in [6, 6.07) is 19.8. The summed E-state index contributed by atoms with van der Waals surface area (Å²) in [4.78, 5) is 0. The van der Waals surface area contributed by atoms with E-state index in [1.807, 2.05) is 7.05 Å². The van der Waals surface area contributed by atoms with Gasteiger partial charge in [-0.2, -0.15) is 0 Å². The Balaban J connectivity index is 2.23. The van der Waals surface area contributed by atoms with Gasteiger partial charge < -0.3 is 5.32 Å². The maximum Gasteiger partial charge on any atom is -0.00460 e. The molecular formula is C20H27N. The summed E-state index contributed by atoms with van der Waals surface area (Å²) in [5, 5.41) is 3.29. The van der Waals surface area contributed by atoms with Crippen LogP contribution in [0, 0.1) is 0 Å². The topological polar surface area (TPSA) is 12.0 Å². The molecule has 0 aliphatic carbocycles. The van der Waals surface area contributed by atoms with E-state index in [0.717, 1.165) is 13.0 Å². The van der Waals surface area contributed by atoms with Crippen molar-refractivity contribution in [3.8, 4) is 0 Å². The lowest BCUT2D eigenvalue weighted by Crippen LogP contribution is -2.14. The molecule has 1 nitrogen and oxygen atoms in total. The molecule has 0 saturated heterocycles. The van der Waals surface area contributed by atoms with Gasteiger partial charge in [-0.25, -0.2) is 0 Å². The van der Waals surface area contributed by atoms with Crippen molar-refractivity contribution in [1.82, 2.24) is 5.32 Å². The molecule has 0 aliphatic rings. The fourth-order valence-electron chi connectivity index (χ4n) is 2.98. The minimum Gasteiger partial charge on any atom is -0.320 e. The number of benzene rings is 2. The molecule has 0 spiro atoms. The van der Waals surface area contributed by atoms with Crippen LogP contribution in [0.15, 0.2) is 54.6 Å². The Bertz CT molecular complexity index is 531. The van der Waals surface area contributed by atoms with E-state index in [1.54, 1.807) is 0 Å². The Morgan fingerprint density at radius 2 is 1.57 bits per heavy atom. The molecule has 0 fully saturated rings.